The van der Waals surface area contributed by atoms with Crippen LogP contribution in [0.15, 0.2) is 24.3 Å². The van der Waals surface area contributed by atoms with Gasteiger partial charge in [-0.1, -0.05) is 18.2 Å². The second kappa shape index (κ2) is 4.76. The van der Waals surface area contributed by atoms with Crippen molar-refractivity contribution in [2.24, 2.45) is 7.05 Å². The van der Waals surface area contributed by atoms with Crippen molar-refractivity contribution in [1.82, 2.24) is 25.0 Å². The van der Waals surface area contributed by atoms with Crippen molar-refractivity contribution in [3.8, 4) is 11.5 Å². The lowest BCUT2D eigenvalue weighted by molar-refractivity contribution is 0.0512. The maximum Gasteiger partial charge on any atom is 0.375 e. The number of fused-ring (bicyclic) bond motifs is 1. The largest absolute Gasteiger partial charge is 0.460 e. The Balaban J connectivity index is 2.06. The maximum absolute atomic E-state index is 11.6. The molecule has 2 aromatic heterocycles. The Labute approximate surface area is 114 Å². The zero-order valence-corrected chi connectivity index (χ0v) is 11.1. The molecule has 7 nitrogen and oxygen atoms in total. The van der Waals surface area contributed by atoms with Gasteiger partial charge in [-0.25, -0.2) is 4.79 Å². The van der Waals surface area contributed by atoms with Gasteiger partial charge in [0.1, 0.15) is 5.69 Å². The Bertz CT molecular complexity index is 774. The Morgan fingerprint density at radius 2 is 2.20 bits per heavy atom. The first kappa shape index (κ1) is 12.3. The van der Waals surface area contributed by atoms with Gasteiger partial charge in [0.25, 0.3) is 0 Å². The molecule has 1 N–H and O–H groups in total. The number of hydrogen-bond acceptors (Lipinski definition) is 5. The van der Waals surface area contributed by atoms with Gasteiger partial charge >= 0.3 is 5.97 Å². The molecule has 0 saturated carbocycles. The number of para-hydroxylation sites is 1. The molecule has 0 aliphatic heterocycles. The summed E-state index contributed by atoms with van der Waals surface area (Å²) in [6, 6.07) is 7.77. The molecule has 0 aliphatic rings. The summed E-state index contributed by atoms with van der Waals surface area (Å²) in [6.45, 7) is 2.03. The van der Waals surface area contributed by atoms with Gasteiger partial charge in [-0.3, -0.25) is 9.78 Å². The van der Waals surface area contributed by atoms with E-state index < -0.39 is 5.97 Å². The summed E-state index contributed by atoms with van der Waals surface area (Å²) in [5.41, 5.74) is 1.61. The molecule has 2 heterocycles. The quantitative estimate of drug-likeness (QED) is 0.730. The van der Waals surface area contributed by atoms with Crippen molar-refractivity contribution < 1.29 is 9.53 Å². The van der Waals surface area contributed by atoms with Crippen LogP contribution in [0, 0.1) is 0 Å². The van der Waals surface area contributed by atoms with Gasteiger partial charge in [0.2, 0.25) is 11.6 Å². The van der Waals surface area contributed by atoms with E-state index in [1.165, 1.54) is 0 Å². The molecular weight excluding hydrogens is 258 g/mol. The fourth-order valence-electron chi connectivity index (χ4n) is 2.04. The van der Waals surface area contributed by atoms with E-state index >= 15 is 0 Å². The van der Waals surface area contributed by atoms with Gasteiger partial charge in [-0.05, 0) is 13.0 Å². The van der Waals surface area contributed by atoms with Gasteiger partial charge in [0.05, 0.1) is 12.1 Å². The van der Waals surface area contributed by atoms with E-state index in [1.807, 2.05) is 31.3 Å². The molecule has 7 heteroatoms. The third-order valence-corrected chi connectivity index (χ3v) is 2.92. The number of H-pyrrole nitrogens is 1. The molecule has 0 unspecified atom stereocenters. The summed E-state index contributed by atoms with van der Waals surface area (Å²) in [7, 11) is 1.85. The molecule has 3 aromatic rings. The van der Waals surface area contributed by atoms with Crippen LogP contribution < -0.4 is 0 Å². The molecule has 102 valence electrons. The van der Waals surface area contributed by atoms with Gasteiger partial charge in [-0.2, -0.15) is 15.2 Å². The second-order valence-corrected chi connectivity index (χ2v) is 4.22. The predicted octanol–water partition coefficient (Wildman–Crippen LogP) is 1.54. The minimum Gasteiger partial charge on any atom is -0.460 e. The fourth-order valence-corrected chi connectivity index (χ4v) is 2.04. The lowest BCUT2D eigenvalue weighted by Gasteiger charge is -1.94. The first-order valence-corrected chi connectivity index (χ1v) is 6.22. The number of carbonyl (C=O) groups excluding carboxylic acids is 1. The first-order chi connectivity index (χ1) is 9.70. The summed E-state index contributed by atoms with van der Waals surface area (Å²) in [5.74, 6) is -0.0621. The molecule has 0 aliphatic carbocycles. The van der Waals surface area contributed by atoms with E-state index in [-0.39, 0.29) is 5.82 Å². The molecule has 1 aromatic carbocycles. The van der Waals surface area contributed by atoms with Crippen LogP contribution in [0.25, 0.3) is 22.4 Å². The van der Waals surface area contributed by atoms with E-state index in [1.54, 1.807) is 11.6 Å². The predicted molar refractivity (Wildman–Crippen MR) is 72.0 cm³/mol. The van der Waals surface area contributed by atoms with Crippen LogP contribution in [0.3, 0.4) is 0 Å². The molecule has 0 bridgehead atoms. The number of carbonyl (C=O) groups is 1. The van der Waals surface area contributed by atoms with E-state index in [2.05, 4.69) is 20.3 Å². The highest BCUT2D eigenvalue weighted by Crippen LogP contribution is 2.24. The molecule has 0 saturated heterocycles. The van der Waals surface area contributed by atoms with Crippen molar-refractivity contribution in [2.75, 3.05) is 6.61 Å². The first-order valence-electron chi connectivity index (χ1n) is 6.22. The number of nitrogens with zero attached hydrogens (tertiary/aromatic N) is 4. The summed E-state index contributed by atoms with van der Waals surface area (Å²) >= 11 is 0. The summed E-state index contributed by atoms with van der Waals surface area (Å²) < 4.78 is 6.63. The van der Waals surface area contributed by atoms with Crippen LogP contribution in [0.1, 0.15) is 17.5 Å². The zero-order valence-electron chi connectivity index (χ0n) is 11.1. The summed E-state index contributed by atoms with van der Waals surface area (Å²) in [6.07, 6.45) is 0. The lowest BCUT2D eigenvalue weighted by Crippen LogP contribution is -2.06. The van der Waals surface area contributed by atoms with Crippen LogP contribution in [0.5, 0.6) is 0 Å². The zero-order chi connectivity index (χ0) is 14.1. The van der Waals surface area contributed by atoms with Crippen LogP contribution in [0.2, 0.25) is 0 Å². The maximum atomic E-state index is 11.6. The number of aryl methyl sites for hydroxylation is 1. The van der Waals surface area contributed by atoms with E-state index in [9.17, 15) is 4.79 Å². The van der Waals surface area contributed by atoms with Crippen molar-refractivity contribution >= 4 is 16.9 Å². The normalized spacial score (nSPS) is 10.9. The monoisotopic (exact) mass is 271 g/mol. The average molecular weight is 271 g/mol. The number of hydrogen-bond donors (Lipinski definition) is 1. The lowest BCUT2D eigenvalue weighted by atomic mass is 10.2. The smallest absolute Gasteiger partial charge is 0.375 e. The number of esters is 1. The number of benzene rings is 1. The standard InChI is InChI=1S/C13H13N5O2/c1-3-20-13(19)12-14-11(15-16-12)10-8-6-4-5-7-9(8)18(2)17-10/h4-7H,3H2,1-2H3,(H,14,15,16). The Morgan fingerprint density at radius 3 is 3.00 bits per heavy atom. The third-order valence-electron chi connectivity index (χ3n) is 2.92. The van der Waals surface area contributed by atoms with Crippen molar-refractivity contribution in [2.45, 2.75) is 6.92 Å². The highest BCUT2D eigenvalue weighted by molar-refractivity contribution is 5.92. The number of ether oxygens (including phenoxy) is 1. The molecule has 3 rings (SSSR count). The van der Waals surface area contributed by atoms with Gasteiger partial charge < -0.3 is 4.74 Å². The highest BCUT2D eigenvalue weighted by atomic mass is 16.5. The Morgan fingerprint density at radius 1 is 1.40 bits per heavy atom. The van der Waals surface area contributed by atoms with Gasteiger partial charge in [0.15, 0.2) is 0 Å². The van der Waals surface area contributed by atoms with Crippen LogP contribution in [-0.2, 0) is 11.8 Å². The number of aromatic nitrogens is 5. The van der Waals surface area contributed by atoms with Crippen molar-refractivity contribution in [1.29, 1.82) is 0 Å². The van der Waals surface area contributed by atoms with E-state index in [0.717, 1.165) is 10.9 Å². The molecule has 20 heavy (non-hydrogen) atoms. The second-order valence-electron chi connectivity index (χ2n) is 4.22. The van der Waals surface area contributed by atoms with Gasteiger partial charge in [-0.15, -0.1) is 0 Å². The minimum atomic E-state index is -0.522. The SMILES string of the molecule is CCOC(=O)c1nc(-c2nn(C)c3ccccc23)n[nH]1. The molecule has 0 spiro atoms. The molecule has 0 radical (unpaired) electrons. The summed E-state index contributed by atoms with van der Waals surface area (Å²) in [5, 5.41) is 12.0. The molecule has 0 fully saturated rings. The van der Waals surface area contributed by atoms with Crippen LogP contribution >= 0.6 is 0 Å². The minimum absolute atomic E-state index is 0.0802. The average Bonchev–Trinajstić information content (AvgIpc) is 3.05. The fraction of sp³-hybridized carbons (Fsp3) is 0.231. The van der Waals surface area contributed by atoms with E-state index in [4.69, 9.17) is 4.74 Å². The molecule has 0 atom stereocenters. The van der Waals surface area contributed by atoms with Crippen molar-refractivity contribution in [3.05, 3.63) is 30.1 Å². The number of rotatable bonds is 3. The van der Waals surface area contributed by atoms with E-state index in [0.29, 0.717) is 18.1 Å². The molecular formula is C13H13N5O2. The summed E-state index contributed by atoms with van der Waals surface area (Å²) in [4.78, 5) is 15.7. The third kappa shape index (κ3) is 1.93. The molecule has 0 amide bonds. The number of aromatic amines is 1. The topological polar surface area (TPSA) is 85.7 Å². The highest BCUT2D eigenvalue weighted by Gasteiger charge is 2.18. The Hall–Kier alpha value is -2.70. The van der Waals surface area contributed by atoms with Gasteiger partial charge in [0, 0.05) is 12.4 Å². The Kier molecular flexibility index (Phi) is 2.94. The van der Waals surface area contributed by atoms with Crippen LogP contribution in [0.4, 0.5) is 0 Å². The van der Waals surface area contributed by atoms with Crippen molar-refractivity contribution in [3.63, 3.8) is 0 Å². The van der Waals surface area contributed by atoms with Crippen LogP contribution in [-0.4, -0.2) is 37.5 Å². The number of nitrogens with one attached hydrogen (secondary N) is 1.